The Bertz CT molecular complexity index is 750. The Kier molecular flexibility index (Phi) is 4.95. The molecule has 0 aromatic carbocycles. The lowest BCUT2D eigenvalue weighted by atomic mass is 10.1. The van der Waals surface area contributed by atoms with Crippen LogP contribution in [0, 0.1) is 0 Å². The first-order valence-corrected chi connectivity index (χ1v) is 9.53. The maximum absolute atomic E-state index is 12.4. The minimum absolute atomic E-state index is 0.132. The molecular formula is C13H18N4O4S2. The molecule has 0 atom stereocenters. The van der Waals surface area contributed by atoms with E-state index < -0.39 is 10.0 Å². The van der Waals surface area contributed by atoms with Crippen LogP contribution in [0.25, 0.3) is 0 Å². The minimum Gasteiger partial charge on any atom is -0.381 e. The first-order chi connectivity index (χ1) is 11.1. The number of thiazole rings is 1. The van der Waals surface area contributed by atoms with Gasteiger partial charge < -0.3 is 9.47 Å². The molecule has 3 rings (SSSR count). The molecule has 1 aliphatic heterocycles. The third-order valence-electron chi connectivity index (χ3n) is 3.52. The molecular weight excluding hydrogens is 340 g/mol. The number of methoxy groups -OCH3 is 1. The maximum Gasteiger partial charge on any atom is 0.266 e. The fraction of sp³-hybridized carbons (Fsp3) is 0.538. The molecule has 0 spiro atoms. The standard InChI is InChI=1S/C13H18N4O4S2/c1-20-8-10-9-22-13(15-10)16-23(18,19)12-6-14-17(7-12)11-2-4-21-5-3-11/h6-7,9,11H,2-5,8H2,1H3,(H,15,16). The van der Waals surface area contributed by atoms with Crippen LogP contribution in [0.5, 0.6) is 0 Å². The molecule has 1 N–H and O–H groups in total. The number of aromatic nitrogens is 3. The molecule has 0 saturated carbocycles. The average molecular weight is 358 g/mol. The Balaban J connectivity index is 1.72. The monoisotopic (exact) mass is 358 g/mol. The van der Waals surface area contributed by atoms with Crippen molar-refractivity contribution in [2.45, 2.75) is 30.4 Å². The van der Waals surface area contributed by atoms with Crippen LogP contribution in [0.3, 0.4) is 0 Å². The van der Waals surface area contributed by atoms with Gasteiger partial charge in [0.25, 0.3) is 10.0 Å². The van der Waals surface area contributed by atoms with Gasteiger partial charge >= 0.3 is 0 Å². The zero-order valence-electron chi connectivity index (χ0n) is 12.6. The van der Waals surface area contributed by atoms with E-state index in [0.29, 0.717) is 30.6 Å². The van der Waals surface area contributed by atoms with Gasteiger partial charge in [0.2, 0.25) is 0 Å². The molecule has 23 heavy (non-hydrogen) atoms. The largest absolute Gasteiger partial charge is 0.381 e. The Morgan fingerprint density at radius 3 is 3.00 bits per heavy atom. The summed E-state index contributed by atoms with van der Waals surface area (Å²) in [6.45, 7) is 1.69. The number of hydrogen-bond donors (Lipinski definition) is 1. The Morgan fingerprint density at radius 1 is 1.48 bits per heavy atom. The summed E-state index contributed by atoms with van der Waals surface area (Å²) in [7, 11) is -2.13. The normalized spacial score (nSPS) is 16.6. The lowest BCUT2D eigenvalue weighted by Gasteiger charge is -2.22. The number of ether oxygens (including phenoxy) is 2. The predicted molar refractivity (Wildman–Crippen MR) is 85.0 cm³/mol. The van der Waals surface area contributed by atoms with Crippen LogP contribution < -0.4 is 4.72 Å². The van der Waals surface area contributed by atoms with Crippen LogP contribution in [-0.2, 0) is 26.1 Å². The molecule has 0 unspecified atom stereocenters. The topological polar surface area (TPSA) is 95.3 Å². The number of sulfonamides is 1. The van der Waals surface area contributed by atoms with Gasteiger partial charge in [0.05, 0.1) is 24.5 Å². The third-order valence-corrected chi connectivity index (χ3v) is 5.75. The highest BCUT2D eigenvalue weighted by Crippen LogP contribution is 2.23. The second-order valence-corrected chi connectivity index (χ2v) is 7.72. The number of nitrogens with one attached hydrogen (secondary N) is 1. The zero-order valence-corrected chi connectivity index (χ0v) is 14.3. The lowest BCUT2D eigenvalue weighted by Crippen LogP contribution is -2.20. The van der Waals surface area contributed by atoms with Crippen molar-refractivity contribution in [3.8, 4) is 0 Å². The van der Waals surface area contributed by atoms with Gasteiger partial charge in [-0.25, -0.2) is 13.4 Å². The van der Waals surface area contributed by atoms with Crippen molar-refractivity contribution in [2.24, 2.45) is 0 Å². The maximum atomic E-state index is 12.4. The van der Waals surface area contributed by atoms with Gasteiger partial charge in [0.1, 0.15) is 4.90 Å². The number of hydrogen-bond acceptors (Lipinski definition) is 7. The van der Waals surface area contributed by atoms with Gasteiger partial charge in [0, 0.05) is 31.9 Å². The molecule has 10 heteroatoms. The van der Waals surface area contributed by atoms with Crippen LogP contribution in [0.2, 0.25) is 0 Å². The van der Waals surface area contributed by atoms with E-state index in [2.05, 4.69) is 14.8 Å². The van der Waals surface area contributed by atoms with Crippen LogP contribution in [-0.4, -0.2) is 43.5 Å². The fourth-order valence-corrected chi connectivity index (χ4v) is 4.24. The molecule has 1 saturated heterocycles. The van der Waals surface area contributed by atoms with E-state index in [9.17, 15) is 8.42 Å². The summed E-state index contributed by atoms with van der Waals surface area (Å²) < 4.78 is 39.3. The Hall–Kier alpha value is -1.49. The third kappa shape index (κ3) is 3.89. The van der Waals surface area contributed by atoms with Gasteiger partial charge in [-0.15, -0.1) is 11.3 Å². The SMILES string of the molecule is COCc1csc(NS(=O)(=O)c2cnn(C3CCOCC3)c2)n1. The Labute approximate surface area is 138 Å². The van der Waals surface area contributed by atoms with Crippen molar-refractivity contribution in [1.82, 2.24) is 14.8 Å². The summed E-state index contributed by atoms with van der Waals surface area (Å²) in [6.07, 6.45) is 4.59. The van der Waals surface area contributed by atoms with E-state index in [1.165, 1.54) is 17.5 Å². The number of anilines is 1. The van der Waals surface area contributed by atoms with E-state index in [-0.39, 0.29) is 10.9 Å². The molecule has 0 radical (unpaired) electrons. The predicted octanol–water partition coefficient (Wildman–Crippen LogP) is 1.64. The molecule has 8 nitrogen and oxygen atoms in total. The van der Waals surface area contributed by atoms with Crippen LogP contribution in [0.1, 0.15) is 24.6 Å². The highest BCUT2D eigenvalue weighted by atomic mass is 32.2. The smallest absolute Gasteiger partial charge is 0.266 e. The van der Waals surface area contributed by atoms with Crippen molar-refractivity contribution in [2.75, 3.05) is 25.0 Å². The molecule has 2 aromatic heterocycles. The fourth-order valence-electron chi connectivity index (χ4n) is 2.35. The van der Waals surface area contributed by atoms with Crippen molar-refractivity contribution in [3.05, 3.63) is 23.5 Å². The van der Waals surface area contributed by atoms with Gasteiger partial charge in [-0.2, -0.15) is 5.10 Å². The highest BCUT2D eigenvalue weighted by molar-refractivity contribution is 7.93. The van der Waals surface area contributed by atoms with Crippen LogP contribution in [0.15, 0.2) is 22.7 Å². The van der Waals surface area contributed by atoms with E-state index in [1.807, 2.05) is 0 Å². The highest BCUT2D eigenvalue weighted by Gasteiger charge is 2.22. The summed E-state index contributed by atoms with van der Waals surface area (Å²) in [5.41, 5.74) is 0.688. The Morgan fingerprint density at radius 2 is 2.26 bits per heavy atom. The summed E-state index contributed by atoms with van der Waals surface area (Å²) in [5, 5.41) is 6.26. The first-order valence-electron chi connectivity index (χ1n) is 7.16. The second-order valence-electron chi connectivity index (χ2n) is 5.18. The van der Waals surface area contributed by atoms with Crippen molar-refractivity contribution in [1.29, 1.82) is 0 Å². The average Bonchev–Trinajstić information content (AvgIpc) is 3.18. The van der Waals surface area contributed by atoms with Crippen molar-refractivity contribution < 1.29 is 17.9 Å². The molecule has 3 heterocycles. The molecule has 126 valence electrons. The molecule has 0 amide bonds. The molecule has 0 aliphatic carbocycles. The number of rotatable bonds is 6. The molecule has 1 aliphatic rings. The van der Waals surface area contributed by atoms with E-state index >= 15 is 0 Å². The summed E-state index contributed by atoms with van der Waals surface area (Å²) in [5.74, 6) is 0. The van der Waals surface area contributed by atoms with Gasteiger partial charge in [-0.05, 0) is 12.8 Å². The van der Waals surface area contributed by atoms with Crippen molar-refractivity contribution >= 4 is 26.5 Å². The van der Waals surface area contributed by atoms with Gasteiger partial charge in [-0.1, -0.05) is 0 Å². The first kappa shape index (κ1) is 16.4. The summed E-state index contributed by atoms with van der Waals surface area (Å²) >= 11 is 1.22. The molecule has 2 aromatic rings. The van der Waals surface area contributed by atoms with E-state index in [1.54, 1.807) is 23.4 Å². The minimum atomic E-state index is -3.69. The van der Waals surface area contributed by atoms with Gasteiger partial charge in [0.15, 0.2) is 5.13 Å². The second kappa shape index (κ2) is 6.95. The van der Waals surface area contributed by atoms with E-state index in [4.69, 9.17) is 9.47 Å². The lowest BCUT2D eigenvalue weighted by molar-refractivity contribution is 0.0662. The molecule has 1 fully saturated rings. The molecule has 0 bridgehead atoms. The summed E-state index contributed by atoms with van der Waals surface area (Å²) in [6, 6.07) is 0.181. The summed E-state index contributed by atoms with van der Waals surface area (Å²) in [4.78, 5) is 4.30. The quantitative estimate of drug-likeness (QED) is 0.843. The van der Waals surface area contributed by atoms with Crippen LogP contribution in [0.4, 0.5) is 5.13 Å². The van der Waals surface area contributed by atoms with Crippen LogP contribution >= 0.6 is 11.3 Å². The van der Waals surface area contributed by atoms with Gasteiger partial charge in [-0.3, -0.25) is 9.40 Å². The van der Waals surface area contributed by atoms with E-state index in [0.717, 1.165) is 12.8 Å². The number of nitrogens with zero attached hydrogens (tertiary/aromatic N) is 3. The van der Waals surface area contributed by atoms with Crippen molar-refractivity contribution in [3.63, 3.8) is 0 Å². The zero-order chi connectivity index (χ0) is 16.3.